The lowest BCUT2D eigenvalue weighted by Crippen LogP contribution is -2.35. The zero-order valence-electron chi connectivity index (χ0n) is 20.0. The van der Waals surface area contributed by atoms with Crippen molar-refractivity contribution in [3.8, 4) is 12.3 Å². The lowest BCUT2D eigenvalue weighted by Gasteiger charge is -2.37. The van der Waals surface area contributed by atoms with Crippen LogP contribution < -0.4 is 10.5 Å². The van der Waals surface area contributed by atoms with E-state index in [0.717, 1.165) is 25.7 Å². The Morgan fingerprint density at radius 3 is 2.43 bits per heavy atom. The predicted molar refractivity (Wildman–Crippen MR) is 138 cm³/mol. The van der Waals surface area contributed by atoms with Gasteiger partial charge in [-0.2, -0.15) is 0 Å². The van der Waals surface area contributed by atoms with Crippen molar-refractivity contribution in [3.05, 3.63) is 45.7 Å². The molecule has 0 saturated heterocycles. The zero-order valence-corrected chi connectivity index (χ0v) is 22.4. The van der Waals surface area contributed by atoms with Crippen molar-refractivity contribution in [3.63, 3.8) is 0 Å². The Bertz CT molecular complexity index is 1000. The fourth-order valence-electron chi connectivity index (χ4n) is 3.08. The summed E-state index contributed by atoms with van der Waals surface area (Å²) in [7, 11) is -2.27. The summed E-state index contributed by atoms with van der Waals surface area (Å²) in [5, 5.41) is 20.2. The normalized spacial score (nSPS) is 13.5. The Balaban J connectivity index is 2.13. The number of nitrogens with two attached hydrogens (primary N) is 1. The molecule has 1 atom stereocenters. The third-order valence-electron chi connectivity index (χ3n) is 5.14. The van der Waals surface area contributed by atoms with E-state index in [2.05, 4.69) is 27.2 Å². The number of esters is 1. The number of sulfonamides is 1. The van der Waals surface area contributed by atoms with Crippen LogP contribution in [0.4, 0.5) is 0 Å². The van der Waals surface area contributed by atoms with E-state index in [0.29, 0.717) is 48.9 Å². The smallest absolute Gasteiger partial charge is 0.306 e. The van der Waals surface area contributed by atoms with E-state index in [9.17, 15) is 23.2 Å². The first-order valence-corrected chi connectivity index (χ1v) is 13.7. The molecule has 194 valence electrons. The molecule has 3 N–H and O–H groups in total. The average Bonchev–Trinajstić information content (AvgIpc) is 2.80. The Morgan fingerprint density at radius 2 is 1.80 bits per heavy atom. The van der Waals surface area contributed by atoms with Gasteiger partial charge in [0.05, 0.1) is 18.5 Å². The van der Waals surface area contributed by atoms with Crippen molar-refractivity contribution in [2.45, 2.75) is 56.3 Å². The van der Waals surface area contributed by atoms with Gasteiger partial charge in [-0.3, -0.25) is 9.59 Å². The summed E-state index contributed by atoms with van der Waals surface area (Å²) in [6.07, 6.45) is 12.4. The highest BCUT2D eigenvalue weighted by Gasteiger charge is 2.15. The van der Waals surface area contributed by atoms with E-state index in [4.69, 9.17) is 16.3 Å². The van der Waals surface area contributed by atoms with Crippen LogP contribution in [-0.4, -0.2) is 51.7 Å². The molecular formula is C24H34BrN3O6S. The number of benzene rings is 1. The molecule has 1 rings (SSSR count). The van der Waals surface area contributed by atoms with Crippen molar-refractivity contribution in [1.82, 2.24) is 5.32 Å². The van der Waals surface area contributed by atoms with Gasteiger partial charge in [-0.05, 0) is 37.1 Å². The van der Waals surface area contributed by atoms with Gasteiger partial charge in [-0.15, -0.1) is 12.3 Å². The maximum Gasteiger partial charge on any atom is 0.306 e. The van der Waals surface area contributed by atoms with Crippen LogP contribution in [0.15, 0.2) is 39.8 Å². The topological polar surface area (TPSA) is 139 Å². The van der Waals surface area contributed by atoms with Crippen molar-refractivity contribution in [2.75, 3.05) is 26.7 Å². The summed E-state index contributed by atoms with van der Waals surface area (Å²) >= 11 is 3.25. The van der Waals surface area contributed by atoms with Gasteiger partial charge in [0.2, 0.25) is 10.0 Å². The van der Waals surface area contributed by atoms with Crippen LogP contribution in [0.25, 0.3) is 0 Å². The van der Waals surface area contributed by atoms with Gasteiger partial charge < -0.3 is 19.9 Å². The number of amides is 1. The number of quaternary nitrogens is 1. The molecule has 0 aromatic heterocycles. The second kappa shape index (κ2) is 15.7. The molecule has 0 aliphatic rings. The Kier molecular flexibility index (Phi) is 13.8. The van der Waals surface area contributed by atoms with Gasteiger partial charge in [0.15, 0.2) is 4.61 Å². The summed E-state index contributed by atoms with van der Waals surface area (Å²) in [6, 6.07) is 5.44. The minimum absolute atomic E-state index is 0.0368. The molecule has 1 amide bonds. The quantitative estimate of drug-likeness (QED) is 0.0776. The molecule has 9 nitrogen and oxygen atoms in total. The lowest BCUT2D eigenvalue weighted by atomic mass is 10.1. The molecular weight excluding hydrogens is 538 g/mol. The summed E-state index contributed by atoms with van der Waals surface area (Å²) in [5.41, 5.74) is 0.362. The van der Waals surface area contributed by atoms with Gasteiger partial charge in [0, 0.05) is 53.4 Å². The number of hydroxylamine groups is 3. The van der Waals surface area contributed by atoms with Crippen LogP contribution in [0.1, 0.15) is 61.7 Å². The lowest BCUT2D eigenvalue weighted by molar-refractivity contribution is -0.812. The standard InChI is InChI=1S/C24H34BrN3O6S/c1-3-4-10-18-28(2,31)22(25)16-19-34-23(29)11-8-6-5-7-9-17-27-24(30)20-12-14-21(15-13-20)35(26,32)33/h1,12-16H,4-11,17-19H2,2H3,(H,27,30)(H2,26,32,33). The van der Waals surface area contributed by atoms with Crippen molar-refractivity contribution in [1.29, 1.82) is 0 Å². The SMILES string of the molecule is C#CCCC[N+](C)([O-])C(Br)=CCOC(=O)CCCCCCCNC(=O)c1ccc(S(N)(=O)=O)cc1. The molecule has 0 radical (unpaired) electrons. The number of hydrogen-bond acceptors (Lipinski definition) is 6. The number of unbranched alkanes of at least 4 members (excludes halogenated alkanes) is 5. The molecule has 0 aliphatic carbocycles. The zero-order chi connectivity index (χ0) is 26.3. The number of ether oxygens (including phenoxy) is 1. The van der Waals surface area contributed by atoms with E-state index in [-0.39, 0.29) is 23.4 Å². The minimum atomic E-state index is -3.78. The van der Waals surface area contributed by atoms with E-state index < -0.39 is 14.7 Å². The van der Waals surface area contributed by atoms with E-state index in [1.54, 1.807) is 6.08 Å². The van der Waals surface area contributed by atoms with Crippen LogP contribution in [0, 0.1) is 17.6 Å². The highest BCUT2D eigenvalue weighted by Crippen LogP contribution is 2.20. The fraction of sp³-hybridized carbons (Fsp3) is 0.500. The molecule has 0 saturated carbocycles. The fourth-order valence-corrected chi connectivity index (χ4v) is 3.91. The van der Waals surface area contributed by atoms with Crippen LogP contribution in [0.3, 0.4) is 0 Å². The first-order valence-electron chi connectivity index (χ1n) is 11.4. The van der Waals surface area contributed by atoms with E-state index >= 15 is 0 Å². The minimum Gasteiger partial charge on any atom is -0.627 e. The van der Waals surface area contributed by atoms with E-state index in [1.165, 1.54) is 31.3 Å². The molecule has 0 fully saturated rings. The molecule has 0 bridgehead atoms. The predicted octanol–water partition coefficient (Wildman–Crippen LogP) is 3.54. The summed E-state index contributed by atoms with van der Waals surface area (Å²) in [5.74, 6) is 1.91. The average molecular weight is 573 g/mol. The molecule has 35 heavy (non-hydrogen) atoms. The third-order valence-corrected chi connectivity index (χ3v) is 7.15. The number of primary sulfonamides is 1. The molecule has 1 aromatic rings. The third kappa shape index (κ3) is 12.9. The Hall–Kier alpha value is -2.23. The summed E-state index contributed by atoms with van der Waals surface area (Å²) in [4.78, 5) is 23.9. The van der Waals surface area contributed by atoms with Crippen LogP contribution in [0.5, 0.6) is 0 Å². The van der Waals surface area contributed by atoms with Gasteiger partial charge in [-0.25, -0.2) is 13.6 Å². The first kappa shape index (κ1) is 30.8. The molecule has 0 heterocycles. The van der Waals surface area contributed by atoms with Crippen LogP contribution in [-0.2, 0) is 19.6 Å². The molecule has 1 aromatic carbocycles. The number of hydrogen-bond donors (Lipinski definition) is 2. The Labute approximate surface area is 216 Å². The van der Waals surface area contributed by atoms with Crippen LogP contribution >= 0.6 is 15.9 Å². The molecule has 0 aliphatic heterocycles. The van der Waals surface area contributed by atoms with Gasteiger partial charge in [0.1, 0.15) is 6.61 Å². The molecule has 1 unspecified atom stereocenters. The molecule has 11 heteroatoms. The number of carbonyl (C=O) groups excluding carboxylic acids is 2. The second-order valence-corrected chi connectivity index (χ2v) is 10.6. The Morgan fingerprint density at radius 1 is 1.17 bits per heavy atom. The van der Waals surface area contributed by atoms with Crippen LogP contribution in [0.2, 0.25) is 0 Å². The van der Waals surface area contributed by atoms with E-state index in [1.807, 2.05) is 0 Å². The van der Waals surface area contributed by atoms with Gasteiger partial charge in [0.25, 0.3) is 5.91 Å². The monoisotopic (exact) mass is 571 g/mol. The number of nitrogens with zero attached hydrogens (tertiary/aromatic N) is 1. The molecule has 0 spiro atoms. The van der Waals surface area contributed by atoms with Gasteiger partial charge in [-0.1, -0.05) is 19.3 Å². The van der Waals surface area contributed by atoms with Gasteiger partial charge >= 0.3 is 5.97 Å². The largest absolute Gasteiger partial charge is 0.627 e. The summed E-state index contributed by atoms with van der Waals surface area (Å²) < 4.78 is 27.4. The number of halogens is 1. The van der Waals surface area contributed by atoms with Crippen molar-refractivity contribution >= 4 is 37.8 Å². The number of nitrogens with one attached hydrogen (secondary N) is 1. The maximum atomic E-state index is 12.4. The van der Waals surface area contributed by atoms with Crippen molar-refractivity contribution in [2.24, 2.45) is 5.14 Å². The summed E-state index contributed by atoms with van der Waals surface area (Å²) in [6.45, 7) is 0.876. The number of terminal acetylenes is 1. The van der Waals surface area contributed by atoms with Crippen molar-refractivity contribution < 1.29 is 27.4 Å². The maximum absolute atomic E-state index is 12.4. The second-order valence-electron chi connectivity index (χ2n) is 8.19. The highest BCUT2D eigenvalue weighted by atomic mass is 79.9. The number of rotatable bonds is 16. The highest BCUT2D eigenvalue weighted by molar-refractivity contribution is 9.11. The number of carbonyl (C=O) groups is 2. The first-order chi connectivity index (χ1) is 16.5.